The fourth-order valence-electron chi connectivity index (χ4n) is 4.15. The van der Waals surface area contributed by atoms with Crippen LogP contribution in [0.1, 0.15) is 28.2 Å². The Morgan fingerprint density at radius 1 is 1.03 bits per heavy atom. The molecule has 0 saturated carbocycles. The van der Waals surface area contributed by atoms with Crippen molar-refractivity contribution in [3.8, 4) is 11.1 Å². The Balaban J connectivity index is 1.38. The van der Waals surface area contributed by atoms with E-state index >= 15 is 0 Å². The molecule has 0 aliphatic heterocycles. The van der Waals surface area contributed by atoms with Crippen molar-refractivity contribution >= 4 is 12.4 Å². The number of aldehydes is 1. The number of nitrogens with one attached hydrogen (secondary N) is 1. The van der Waals surface area contributed by atoms with Gasteiger partial charge in [0.25, 0.3) is 0 Å². The van der Waals surface area contributed by atoms with E-state index in [9.17, 15) is 9.59 Å². The SMILES string of the molecule is [N-]=[N+]=NCc1cccc(C[C@@H](C=O)NC(=O)OCC2c3ccccc3-c3ccccc32)c1. The van der Waals surface area contributed by atoms with Crippen LogP contribution in [0.25, 0.3) is 21.6 Å². The third kappa shape index (κ3) is 4.63. The highest BCUT2D eigenvalue weighted by atomic mass is 16.5. The molecule has 1 aliphatic carbocycles. The number of hydrogen-bond acceptors (Lipinski definition) is 4. The summed E-state index contributed by atoms with van der Waals surface area (Å²) in [6.07, 6.45) is 0.383. The number of azide groups is 1. The fourth-order valence-corrected chi connectivity index (χ4v) is 4.15. The molecule has 7 nitrogen and oxygen atoms in total. The lowest BCUT2D eigenvalue weighted by atomic mass is 9.98. The number of rotatable bonds is 8. The molecule has 0 fully saturated rings. The first-order valence-electron chi connectivity index (χ1n) is 10.3. The molecule has 0 spiro atoms. The van der Waals surface area contributed by atoms with Crippen molar-refractivity contribution < 1.29 is 14.3 Å². The van der Waals surface area contributed by atoms with Gasteiger partial charge in [-0.05, 0) is 45.3 Å². The van der Waals surface area contributed by atoms with Crippen molar-refractivity contribution in [1.29, 1.82) is 0 Å². The number of carbonyl (C=O) groups excluding carboxylic acids is 2. The largest absolute Gasteiger partial charge is 0.449 e. The topological polar surface area (TPSA) is 104 Å². The molecule has 1 N–H and O–H groups in total. The van der Waals surface area contributed by atoms with Crippen molar-refractivity contribution in [2.45, 2.75) is 24.9 Å². The minimum atomic E-state index is -0.722. The second-order valence-electron chi connectivity index (χ2n) is 7.63. The third-order valence-corrected chi connectivity index (χ3v) is 5.57. The predicted octanol–water partition coefficient (Wildman–Crippen LogP) is 5.15. The number of fused-ring (bicyclic) bond motifs is 3. The first kappa shape index (κ1) is 21.2. The molecule has 0 unspecified atom stereocenters. The molecule has 1 amide bonds. The number of ether oxygens (including phenoxy) is 1. The van der Waals surface area contributed by atoms with Gasteiger partial charge < -0.3 is 14.8 Å². The van der Waals surface area contributed by atoms with Crippen molar-refractivity contribution in [2.24, 2.45) is 5.11 Å². The fraction of sp³-hybridized carbons (Fsp3) is 0.200. The average Bonchev–Trinajstić information content (AvgIpc) is 3.15. The first-order chi connectivity index (χ1) is 15.7. The zero-order valence-corrected chi connectivity index (χ0v) is 17.3. The number of benzene rings is 3. The molecule has 32 heavy (non-hydrogen) atoms. The standard InChI is InChI=1S/C25H22N4O3/c26-29-27-14-18-7-5-6-17(12-18)13-19(15-30)28-25(31)32-16-24-22-10-3-1-8-20(22)21-9-2-4-11-23(21)24/h1-12,15,19,24H,13-14,16H2,(H,28,31)/t19-/m0/s1. The molecular formula is C25H22N4O3. The van der Waals surface area contributed by atoms with Crippen LogP contribution < -0.4 is 5.32 Å². The van der Waals surface area contributed by atoms with E-state index in [1.165, 1.54) is 0 Å². The lowest BCUT2D eigenvalue weighted by Gasteiger charge is -2.17. The summed E-state index contributed by atoms with van der Waals surface area (Å²) in [7, 11) is 0. The van der Waals surface area contributed by atoms with E-state index in [0.717, 1.165) is 33.4 Å². The molecule has 7 heteroatoms. The zero-order valence-electron chi connectivity index (χ0n) is 17.3. The van der Waals surface area contributed by atoms with Crippen molar-refractivity contribution in [1.82, 2.24) is 5.32 Å². The van der Waals surface area contributed by atoms with Gasteiger partial charge in [-0.3, -0.25) is 0 Å². The Morgan fingerprint density at radius 3 is 2.34 bits per heavy atom. The van der Waals surface area contributed by atoms with E-state index in [1.807, 2.05) is 48.5 Å². The summed E-state index contributed by atoms with van der Waals surface area (Å²) in [6, 6.07) is 22.9. The normalized spacial score (nSPS) is 12.8. The van der Waals surface area contributed by atoms with Crippen LogP contribution in [0.15, 0.2) is 77.9 Å². The van der Waals surface area contributed by atoms with Crippen LogP contribution in [0.4, 0.5) is 4.79 Å². The Labute approximate surface area is 185 Å². The molecule has 0 saturated heterocycles. The van der Waals surface area contributed by atoms with Crippen LogP contribution in [0, 0.1) is 0 Å². The molecule has 0 radical (unpaired) electrons. The number of hydrogen-bond donors (Lipinski definition) is 1. The monoisotopic (exact) mass is 426 g/mol. The lowest BCUT2D eigenvalue weighted by molar-refractivity contribution is -0.109. The van der Waals surface area contributed by atoms with Gasteiger partial charge in [-0.1, -0.05) is 77.9 Å². The molecule has 0 bridgehead atoms. The van der Waals surface area contributed by atoms with Gasteiger partial charge >= 0.3 is 6.09 Å². The number of amides is 1. The van der Waals surface area contributed by atoms with Crippen molar-refractivity contribution in [2.75, 3.05) is 6.61 Å². The number of alkyl carbamates (subject to hydrolysis) is 1. The van der Waals surface area contributed by atoms with Gasteiger partial charge in [0.1, 0.15) is 12.9 Å². The molecule has 0 heterocycles. The van der Waals surface area contributed by atoms with Gasteiger partial charge in [0.05, 0.1) is 12.6 Å². The maximum Gasteiger partial charge on any atom is 0.407 e. The lowest BCUT2D eigenvalue weighted by Crippen LogP contribution is -2.38. The maximum absolute atomic E-state index is 12.4. The van der Waals surface area contributed by atoms with Crippen LogP contribution in [0.2, 0.25) is 0 Å². The van der Waals surface area contributed by atoms with E-state index in [1.54, 1.807) is 0 Å². The second-order valence-corrected chi connectivity index (χ2v) is 7.63. The average molecular weight is 426 g/mol. The van der Waals surface area contributed by atoms with E-state index < -0.39 is 12.1 Å². The highest BCUT2D eigenvalue weighted by Crippen LogP contribution is 2.44. The Morgan fingerprint density at radius 2 is 1.69 bits per heavy atom. The molecule has 1 aliphatic rings. The molecule has 3 aromatic carbocycles. The molecule has 160 valence electrons. The van der Waals surface area contributed by atoms with Crippen molar-refractivity contribution in [3.05, 3.63) is 105 Å². The summed E-state index contributed by atoms with van der Waals surface area (Å²) >= 11 is 0. The van der Waals surface area contributed by atoms with Gasteiger partial charge in [0.15, 0.2) is 0 Å². The summed E-state index contributed by atoms with van der Waals surface area (Å²) in [5.74, 6) is -0.0415. The van der Waals surface area contributed by atoms with Gasteiger partial charge in [-0.15, -0.1) is 0 Å². The summed E-state index contributed by atoms with van der Waals surface area (Å²) in [6.45, 7) is 0.420. The van der Waals surface area contributed by atoms with Crippen LogP contribution in [0.5, 0.6) is 0 Å². The minimum Gasteiger partial charge on any atom is -0.449 e. The van der Waals surface area contributed by atoms with Gasteiger partial charge in [0.2, 0.25) is 0 Å². The van der Waals surface area contributed by atoms with Gasteiger partial charge in [0, 0.05) is 10.8 Å². The molecule has 3 aromatic rings. The quantitative estimate of drug-likeness (QED) is 0.233. The number of nitrogens with zero attached hydrogens (tertiary/aromatic N) is 3. The Bertz CT molecular complexity index is 1140. The molecule has 1 atom stereocenters. The highest BCUT2D eigenvalue weighted by molar-refractivity contribution is 5.79. The third-order valence-electron chi connectivity index (χ3n) is 5.57. The predicted molar refractivity (Wildman–Crippen MR) is 121 cm³/mol. The Kier molecular flexibility index (Phi) is 6.49. The van der Waals surface area contributed by atoms with Crippen LogP contribution in [-0.4, -0.2) is 25.0 Å². The zero-order chi connectivity index (χ0) is 22.3. The first-order valence-corrected chi connectivity index (χ1v) is 10.3. The highest BCUT2D eigenvalue weighted by Gasteiger charge is 2.29. The van der Waals surface area contributed by atoms with E-state index in [-0.39, 0.29) is 19.1 Å². The van der Waals surface area contributed by atoms with Gasteiger partial charge in [-0.25, -0.2) is 4.79 Å². The summed E-state index contributed by atoms with van der Waals surface area (Å²) in [5.41, 5.74) is 14.7. The maximum atomic E-state index is 12.4. The summed E-state index contributed by atoms with van der Waals surface area (Å²) in [4.78, 5) is 26.8. The van der Waals surface area contributed by atoms with Gasteiger partial charge in [-0.2, -0.15) is 0 Å². The molecule has 4 rings (SSSR count). The molecular weight excluding hydrogens is 404 g/mol. The van der Waals surface area contributed by atoms with E-state index in [4.69, 9.17) is 10.3 Å². The smallest absolute Gasteiger partial charge is 0.407 e. The van der Waals surface area contributed by atoms with Crippen molar-refractivity contribution in [3.63, 3.8) is 0 Å². The number of carbonyl (C=O) groups is 2. The second kappa shape index (κ2) is 9.81. The van der Waals surface area contributed by atoms with Crippen LogP contribution in [0.3, 0.4) is 0 Å². The van der Waals surface area contributed by atoms with Crippen LogP contribution >= 0.6 is 0 Å². The summed E-state index contributed by atoms with van der Waals surface area (Å²) in [5, 5.41) is 6.18. The summed E-state index contributed by atoms with van der Waals surface area (Å²) < 4.78 is 5.52. The van der Waals surface area contributed by atoms with Crippen LogP contribution in [-0.2, 0) is 22.5 Å². The Hall–Kier alpha value is -4.09. The van der Waals surface area contributed by atoms with E-state index in [2.05, 4.69) is 39.6 Å². The van der Waals surface area contributed by atoms with E-state index in [0.29, 0.717) is 12.7 Å². The minimum absolute atomic E-state index is 0.0415. The molecule has 0 aromatic heterocycles.